The highest BCUT2D eigenvalue weighted by molar-refractivity contribution is 5.84. The number of aliphatic imine (C=N–C) groups is 1. The zero-order valence-electron chi connectivity index (χ0n) is 11.6. The summed E-state index contributed by atoms with van der Waals surface area (Å²) in [4.78, 5) is 4.93. The number of amidine groups is 1. The van der Waals surface area contributed by atoms with E-state index in [9.17, 15) is 0 Å². The van der Waals surface area contributed by atoms with Crippen LogP contribution < -0.4 is 5.32 Å². The summed E-state index contributed by atoms with van der Waals surface area (Å²) in [5.74, 6) is 1.69. The van der Waals surface area contributed by atoms with E-state index in [0.717, 1.165) is 0 Å². The van der Waals surface area contributed by atoms with Crippen LogP contribution in [0.15, 0.2) is 4.99 Å². The van der Waals surface area contributed by atoms with E-state index in [2.05, 4.69) is 39.9 Å². The topological polar surface area (TPSA) is 24.4 Å². The van der Waals surface area contributed by atoms with Crippen LogP contribution in [-0.4, -0.2) is 17.4 Å². The van der Waals surface area contributed by atoms with Crippen LogP contribution in [0.25, 0.3) is 0 Å². The lowest BCUT2D eigenvalue weighted by atomic mass is 9.95. The monoisotopic (exact) mass is 224 g/mol. The average Bonchev–Trinajstić information content (AvgIpc) is 2.16. The minimum Gasteiger partial charge on any atom is -0.369 e. The first kappa shape index (κ1) is 13.5. The molecule has 0 radical (unpaired) electrons. The zero-order valence-corrected chi connectivity index (χ0v) is 11.6. The fraction of sp³-hybridized carbons (Fsp3) is 0.929. The Labute approximate surface area is 101 Å². The van der Waals surface area contributed by atoms with Gasteiger partial charge in [0.05, 0.1) is 11.9 Å². The van der Waals surface area contributed by atoms with Crippen molar-refractivity contribution < 1.29 is 0 Å². The normalized spacial score (nSPS) is 20.2. The third-order valence-corrected chi connectivity index (χ3v) is 2.95. The summed E-state index contributed by atoms with van der Waals surface area (Å²) in [6.45, 7) is 11.0. The van der Waals surface area contributed by atoms with Gasteiger partial charge < -0.3 is 5.32 Å². The highest BCUT2D eigenvalue weighted by atomic mass is 15.1. The van der Waals surface area contributed by atoms with Gasteiger partial charge in [-0.25, -0.2) is 0 Å². The van der Waals surface area contributed by atoms with Crippen LogP contribution in [0.1, 0.15) is 66.7 Å². The van der Waals surface area contributed by atoms with E-state index >= 15 is 0 Å². The molecule has 0 aromatic rings. The van der Waals surface area contributed by atoms with Crippen molar-refractivity contribution in [2.75, 3.05) is 0 Å². The highest BCUT2D eigenvalue weighted by Crippen LogP contribution is 2.21. The summed E-state index contributed by atoms with van der Waals surface area (Å²) in [6.07, 6.45) is 6.67. The molecule has 1 saturated carbocycles. The Hall–Kier alpha value is -0.530. The maximum atomic E-state index is 4.93. The summed E-state index contributed by atoms with van der Waals surface area (Å²) in [5, 5.41) is 3.55. The smallest absolute Gasteiger partial charge is 0.0996 e. The molecule has 0 amide bonds. The van der Waals surface area contributed by atoms with Gasteiger partial charge in [0.1, 0.15) is 0 Å². The van der Waals surface area contributed by atoms with E-state index < -0.39 is 0 Å². The SMILES string of the molecule is CC(C)C(=NC1CCCCC1)NC(C)(C)C. The van der Waals surface area contributed by atoms with E-state index in [0.29, 0.717) is 12.0 Å². The van der Waals surface area contributed by atoms with Gasteiger partial charge >= 0.3 is 0 Å². The lowest BCUT2D eigenvalue weighted by molar-refractivity contribution is 0.434. The minimum absolute atomic E-state index is 0.123. The van der Waals surface area contributed by atoms with Gasteiger partial charge in [0.2, 0.25) is 0 Å². The largest absolute Gasteiger partial charge is 0.369 e. The molecule has 0 unspecified atom stereocenters. The van der Waals surface area contributed by atoms with Crippen molar-refractivity contribution in [2.24, 2.45) is 10.9 Å². The second kappa shape index (κ2) is 5.70. The van der Waals surface area contributed by atoms with E-state index in [4.69, 9.17) is 4.99 Å². The first-order chi connectivity index (χ1) is 7.38. The lowest BCUT2D eigenvalue weighted by Gasteiger charge is -2.27. The van der Waals surface area contributed by atoms with Crippen molar-refractivity contribution in [2.45, 2.75) is 78.3 Å². The standard InChI is InChI=1S/C14H28N2/c1-11(2)13(16-14(3,4)5)15-12-9-7-6-8-10-12/h11-12H,6-10H2,1-5H3,(H,15,16). The van der Waals surface area contributed by atoms with Crippen LogP contribution in [0.2, 0.25) is 0 Å². The molecule has 94 valence electrons. The van der Waals surface area contributed by atoms with Gasteiger partial charge in [-0.05, 0) is 33.6 Å². The molecule has 0 atom stereocenters. The molecule has 0 aliphatic heterocycles. The molecule has 0 bridgehead atoms. The Balaban J connectivity index is 2.64. The van der Waals surface area contributed by atoms with Crippen molar-refractivity contribution >= 4 is 5.84 Å². The predicted molar refractivity (Wildman–Crippen MR) is 72.0 cm³/mol. The Morgan fingerprint density at radius 1 is 1.12 bits per heavy atom. The fourth-order valence-corrected chi connectivity index (χ4v) is 2.12. The predicted octanol–water partition coefficient (Wildman–Crippen LogP) is 3.76. The molecule has 1 rings (SSSR count). The summed E-state index contributed by atoms with van der Waals surface area (Å²) in [6, 6.07) is 0.570. The van der Waals surface area contributed by atoms with Gasteiger partial charge in [0.15, 0.2) is 0 Å². The molecule has 0 saturated heterocycles. The van der Waals surface area contributed by atoms with Crippen molar-refractivity contribution in [3.8, 4) is 0 Å². The molecule has 1 aliphatic carbocycles. The molecule has 0 heterocycles. The Kier molecular flexibility index (Phi) is 4.82. The van der Waals surface area contributed by atoms with E-state index in [1.165, 1.54) is 37.9 Å². The van der Waals surface area contributed by atoms with Gasteiger partial charge in [-0.15, -0.1) is 0 Å². The second-order valence-corrected chi connectivity index (χ2v) is 6.34. The molecule has 1 N–H and O–H groups in total. The molecule has 1 fully saturated rings. The molecular formula is C14H28N2. The highest BCUT2D eigenvalue weighted by Gasteiger charge is 2.18. The molecule has 0 aromatic heterocycles. The van der Waals surface area contributed by atoms with Crippen molar-refractivity contribution in [1.29, 1.82) is 0 Å². The van der Waals surface area contributed by atoms with Gasteiger partial charge in [0.25, 0.3) is 0 Å². The molecule has 2 nitrogen and oxygen atoms in total. The number of nitrogens with one attached hydrogen (secondary N) is 1. The quantitative estimate of drug-likeness (QED) is 0.560. The van der Waals surface area contributed by atoms with Crippen molar-refractivity contribution in [3.63, 3.8) is 0 Å². The van der Waals surface area contributed by atoms with Crippen molar-refractivity contribution in [3.05, 3.63) is 0 Å². The van der Waals surface area contributed by atoms with Crippen molar-refractivity contribution in [1.82, 2.24) is 5.32 Å². The second-order valence-electron chi connectivity index (χ2n) is 6.34. The first-order valence-electron chi connectivity index (χ1n) is 6.74. The number of nitrogens with zero attached hydrogens (tertiary/aromatic N) is 1. The Morgan fingerprint density at radius 3 is 2.12 bits per heavy atom. The third kappa shape index (κ3) is 5.00. The molecular weight excluding hydrogens is 196 g/mol. The summed E-state index contributed by atoms with van der Waals surface area (Å²) in [5.41, 5.74) is 0.123. The Bertz CT molecular complexity index is 230. The number of hydrogen-bond donors (Lipinski definition) is 1. The average molecular weight is 224 g/mol. The van der Waals surface area contributed by atoms with Crippen LogP contribution in [0.5, 0.6) is 0 Å². The molecule has 0 spiro atoms. The fourth-order valence-electron chi connectivity index (χ4n) is 2.12. The van der Waals surface area contributed by atoms with Crippen LogP contribution in [-0.2, 0) is 0 Å². The lowest BCUT2D eigenvalue weighted by Crippen LogP contribution is -2.43. The first-order valence-corrected chi connectivity index (χ1v) is 6.74. The molecule has 0 aromatic carbocycles. The summed E-state index contributed by atoms with van der Waals surface area (Å²) >= 11 is 0. The zero-order chi connectivity index (χ0) is 12.2. The van der Waals surface area contributed by atoms with Crippen LogP contribution in [0, 0.1) is 5.92 Å². The van der Waals surface area contributed by atoms with E-state index in [1.807, 2.05) is 0 Å². The Morgan fingerprint density at radius 2 is 1.69 bits per heavy atom. The van der Waals surface area contributed by atoms with Gasteiger partial charge in [-0.1, -0.05) is 33.1 Å². The van der Waals surface area contributed by atoms with Crippen LogP contribution in [0.3, 0.4) is 0 Å². The number of rotatable bonds is 2. The van der Waals surface area contributed by atoms with Gasteiger partial charge in [-0.2, -0.15) is 0 Å². The summed E-state index contributed by atoms with van der Waals surface area (Å²) < 4.78 is 0. The maximum Gasteiger partial charge on any atom is 0.0996 e. The van der Waals surface area contributed by atoms with E-state index in [-0.39, 0.29) is 5.54 Å². The van der Waals surface area contributed by atoms with Crippen LogP contribution >= 0.6 is 0 Å². The minimum atomic E-state index is 0.123. The maximum absolute atomic E-state index is 4.93. The van der Waals surface area contributed by atoms with E-state index in [1.54, 1.807) is 0 Å². The van der Waals surface area contributed by atoms with Crippen LogP contribution in [0.4, 0.5) is 0 Å². The molecule has 16 heavy (non-hydrogen) atoms. The molecule has 2 heteroatoms. The number of hydrogen-bond acceptors (Lipinski definition) is 1. The third-order valence-electron chi connectivity index (χ3n) is 2.95. The van der Waals surface area contributed by atoms with Gasteiger partial charge in [-0.3, -0.25) is 4.99 Å². The van der Waals surface area contributed by atoms with Gasteiger partial charge in [0, 0.05) is 11.5 Å². The summed E-state index contributed by atoms with van der Waals surface area (Å²) in [7, 11) is 0. The molecule has 1 aliphatic rings.